The molecule has 138 valence electrons. The Morgan fingerprint density at radius 3 is 2.44 bits per heavy atom. The minimum Gasteiger partial charge on any atom is -0.454 e. The average molecular weight is 382 g/mol. The van der Waals surface area contributed by atoms with Crippen molar-refractivity contribution in [1.82, 2.24) is 0 Å². The lowest BCUT2D eigenvalue weighted by molar-refractivity contribution is 0.174. The largest absolute Gasteiger partial charge is 0.454 e. The number of hydrogen-bond donors (Lipinski definition) is 0. The second-order valence-corrected chi connectivity index (χ2v) is 9.11. The lowest BCUT2D eigenvalue weighted by Crippen LogP contribution is -2.55. The molecule has 0 bridgehead atoms. The van der Waals surface area contributed by atoms with E-state index in [9.17, 15) is 13.7 Å². The molecule has 7 heteroatoms. The van der Waals surface area contributed by atoms with Crippen LogP contribution in [0.4, 0.5) is 5.69 Å². The number of aryl methyl sites for hydroxylation is 1. The molecular weight excluding hydrogens is 364 g/mol. The van der Waals surface area contributed by atoms with Gasteiger partial charge in [0.15, 0.2) is 11.5 Å². The zero-order chi connectivity index (χ0) is 18.8. The maximum absolute atomic E-state index is 13.5. The second kappa shape index (κ2) is 5.64. The van der Waals surface area contributed by atoms with Gasteiger partial charge in [-0.2, -0.15) is 5.26 Å². The van der Waals surface area contributed by atoms with E-state index in [0.29, 0.717) is 22.7 Å². The van der Waals surface area contributed by atoms with Crippen LogP contribution in [0.1, 0.15) is 29.9 Å². The van der Waals surface area contributed by atoms with Crippen LogP contribution in [0.25, 0.3) is 0 Å². The summed E-state index contributed by atoms with van der Waals surface area (Å²) in [5, 5.41) is 9.75. The lowest BCUT2D eigenvalue weighted by atomic mass is 9.67. The van der Waals surface area contributed by atoms with Crippen molar-refractivity contribution in [2.24, 2.45) is 5.92 Å². The molecule has 1 aliphatic carbocycles. The molecule has 0 radical (unpaired) electrons. The normalized spacial score (nSPS) is 25.2. The third-order valence-corrected chi connectivity index (χ3v) is 7.68. The van der Waals surface area contributed by atoms with E-state index in [2.05, 4.69) is 6.07 Å². The summed E-state index contributed by atoms with van der Waals surface area (Å²) in [6.45, 7) is 2.03. The van der Waals surface area contributed by atoms with E-state index in [0.717, 1.165) is 18.4 Å². The van der Waals surface area contributed by atoms with E-state index in [1.807, 2.05) is 6.92 Å². The minimum absolute atomic E-state index is 0.00287. The van der Waals surface area contributed by atoms with Crippen molar-refractivity contribution in [2.45, 2.75) is 36.6 Å². The molecule has 0 N–H and O–H groups in total. The molecule has 6 nitrogen and oxygen atoms in total. The molecule has 5 rings (SSSR count). The van der Waals surface area contributed by atoms with Gasteiger partial charge in [-0.3, -0.25) is 4.31 Å². The van der Waals surface area contributed by atoms with E-state index in [1.165, 1.54) is 4.31 Å². The first-order valence-corrected chi connectivity index (χ1v) is 10.4. The van der Waals surface area contributed by atoms with Crippen molar-refractivity contribution in [3.8, 4) is 17.6 Å². The van der Waals surface area contributed by atoms with E-state index in [4.69, 9.17) is 9.47 Å². The van der Waals surface area contributed by atoms with E-state index in [-0.39, 0.29) is 29.6 Å². The van der Waals surface area contributed by atoms with Crippen LogP contribution in [-0.4, -0.2) is 21.3 Å². The topological polar surface area (TPSA) is 79.6 Å². The molecule has 3 atom stereocenters. The third-order valence-electron chi connectivity index (χ3n) is 5.83. The highest BCUT2D eigenvalue weighted by molar-refractivity contribution is 7.92. The summed E-state index contributed by atoms with van der Waals surface area (Å²) >= 11 is 0. The number of ether oxygens (including phenoxy) is 2. The summed E-state index contributed by atoms with van der Waals surface area (Å²) in [4.78, 5) is 0.262. The fourth-order valence-electron chi connectivity index (χ4n) is 4.28. The van der Waals surface area contributed by atoms with Gasteiger partial charge in [0.05, 0.1) is 22.6 Å². The fourth-order valence-corrected chi connectivity index (χ4v) is 6.02. The molecule has 0 aromatic heterocycles. The first kappa shape index (κ1) is 16.5. The van der Waals surface area contributed by atoms with Gasteiger partial charge >= 0.3 is 0 Å². The first-order valence-electron chi connectivity index (χ1n) is 8.95. The number of nitriles is 1. The average Bonchev–Trinajstić information content (AvgIpc) is 3.08. The molecule has 2 aromatic carbocycles. The van der Waals surface area contributed by atoms with Crippen LogP contribution in [0.15, 0.2) is 41.3 Å². The van der Waals surface area contributed by atoms with Gasteiger partial charge in [0.1, 0.15) is 0 Å². The summed E-state index contributed by atoms with van der Waals surface area (Å²) in [6, 6.07) is 12.5. The van der Waals surface area contributed by atoms with Crippen LogP contribution in [0.3, 0.4) is 0 Å². The van der Waals surface area contributed by atoms with Crippen LogP contribution in [0, 0.1) is 24.2 Å². The molecule has 27 heavy (non-hydrogen) atoms. The molecule has 3 unspecified atom stereocenters. The predicted molar refractivity (Wildman–Crippen MR) is 98.3 cm³/mol. The minimum atomic E-state index is -3.74. The second-order valence-electron chi connectivity index (χ2n) is 7.29. The summed E-state index contributed by atoms with van der Waals surface area (Å²) in [5.74, 6) is 0.757. The number of nitrogens with zero attached hydrogens (tertiary/aromatic N) is 2. The highest BCUT2D eigenvalue weighted by Crippen LogP contribution is 2.55. The smallest absolute Gasteiger partial charge is 0.264 e. The molecule has 0 amide bonds. The van der Waals surface area contributed by atoms with Crippen molar-refractivity contribution < 1.29 is 17.9 Å². The summed E-state index contributed by atoms with van der Waals surface area (Å²) in [7, 11) is -3.74. The Balaban J connectivity index is 1.71. The molecule has 1 fully saturated rings. The zero-order valence-corrected chi connectivity index (χ0v) is 15.6. The summed E-state index contributed by atoms with van der Waals surface area (Å²) in [6.07, 6.45) is 1.60. The number of benzene rings is 2. The molecule has 0 saturated heterocycles. The highest BCUT2D eigenvalue weighted by Gasteiger charge is 2.51. The summed E-state index contributed by atoms with van der Waals surface area (Å²) < 4.78 is 39.5. The van der Waals surface area contributed by atoms with Crippen molar-refractivity contribution in [3.63, 3.8) is 0 Å². The Labute approximate surface area is 158 Å². The van der Waals surface area contributed by atoms with Crippen molar-refractivity contribution in [1.29, 1.82) is 5.26 Å². The lowest BCUT2D eigenvalue weighted by Gasteiger charge is -2.50. The maximum atomic E-state index is 13.5. The Kier molecular flexibility index (Phi) is 3.43. The number of fused-ring (bicyclic) bond motifs is 3. The number of sulfonamides is 1. The Morgan fingerprint density at radius 1 is 1.11 bits per heavy atom. The van der Waals surface area contributed by atoms with E-state index >= 15 is 0 Å². The van der Waals surface area contributed by atoms with Gasteiger partial charge in [0.25, 0.3) is 10.0 Å². The SMILES string of the molecule is Cc1ccc(S(=O)(=O)N2c3cc4c(cc3C(C#N)C3CCC32)OCO4)cc1. The molecular formula is C20H18N2O4S. The molecule has 2 heterocycles. The molecule has 3 aliphatic rings. The standard InChI is InChI=1S/C20H18N2O4S/c1-12-2-4-13(5-3-12)27(23,24)22-17-7-6-14(17)16(10-21)15-8-19-20(9-18(15)22)26-11-25-19/h2-5,8-9,14,16-17H,6-7,11H2,1H3. The molecule has 2 aliphatic heterocycles. The van der Waals surface area contributed by atoms with Gasteiger partial charge < -0.3 is 9.47 Å². The van der Waals surface area contributed by atoms with Crippen molar-refractivity contribution in [3.05, 3.63) is 47.5 Å². The predicted octanol–water partition coefficient (Wildman–Crippen LogP) is 3.32. The molecule has 1 saturated carbocycles. The Hall–Kier alpha value is -2.72. The number of anilines is 1. The van der Waals surface area contributed by atoms with Gasteiger partial charge in [-0.05, 0) is 43.5 Å². The maximum Gasteiger partial charge on any atom is 0.264 e. The van der Waals surface area contributed by atoms with Crippen LogP contribution in [0.5, 0.6) is 11.5 Å². The van der Waals surface area contributed by atoms with Crippen LogP contribution >= 0.6 is 0 Å². The quantitative estimate of drug-likeness (QED) is 0.796. The first-order chi connectivity index (χ1) is 13.0. The van der Waals surface area contributed by atoms with Crippen LogP contribution in [-0.2, 0) is 10.0 Å². The van der Waals surface area contributed by atoms with Gasteiger partial charge in [0.2, 0.25) is 6.79 Å². The van der Waals surface area contributed by atoms with Crippen molar-refractivity contribution >= 4 is 15.7 Å². The number of rotatable bonds is 2. The third kappa shape index (κ3) is 2.26. The van der Waals surface area contributed by atoms with Gasteiger partial charge in [-0.15, -0.1) is 0 Å². The summed E-state index contributed by atoms with van der Waals surface area (Å²) in [5.41, 5.74) is 2.24. The fraction of sp³-hybridized carbons (Fsp3) is 0.350. The molecule has 0 spiro atoms. The van der Waals surface area contributed by atoms with E-state index in [1.54, 1.807) is 36.4 Å². The number of hydrogen-bond acceptors (Lipinski definition) is 5. The van der Waals surface area contributed by atoms with Gasteiger partial charge in [-0.1, -0.05) is 17.7 Å². The van der Waals surface area contributed by atoms with Crippen LogP contribution < -0.4 is 13.8 Å². The van der Waals surface area contributed by atoms with Gasteiger partial charge in [-0.25, -0.2) is 8.42 Å². The van der Waals surface area contributed by atoms with Crippen LogP contribution in [0.2, 0.25) is 0 Å². The monoisotopic (exact) mass is 382 g/mol. The van der Waals surface area contributed by atoms with E-state index < -0.39 is 10.0 Å². The zero-order valence-electron chi connectivity index (χ0n) is 14.8. The Morgan fingerprint density at radius 2 is 1.81 bits per heavy atom. The highest BCUT2D eigenvalue weighted by atomic mass is 32.2. The Bertz CT molecular complexity index is 1070. The molecule has 2 aromatic rings. The van der Waals surface area contributed by atoms with Gasteiger partial charge in [0, 0.05) is 18.0 Å². The van der Waals surface area contributed by atoms with Crippen molar-refractivity contribution in [2.75, 3.05) is 11.1 Å².